The van der Waals surface area contributed by atoms with Crippen LogP contribution in [0.1, 0.15) is 131 Å². The molecule has 0 fully saturated rings. The summed E-state index contributed by atoms with van der Waals surface area (Å²) in [6.45, 7) is 0.354. The molecule has 0 saturated carbocycles. The molecule has 4 nitrogen and oxygen atoms in total. The summed E-state index contributed by atoms with van der Waals surface area (Å²) < 4.78 is 137. The van der Waals surface area contributed by atoms with Crippen molar-refractivity contribution < 1.29 is 48.1 Å². The summed E-state index contributed by atoms with van der Waals surface area (Å²) >= 11 is 0. The molecule has 0 spiro atoms. The van der Waals surface area contributed by atoms with Gasteiger partial charge in [0.2, 0.25) is 0 Å². The van der Waals surface area contributed by atoms with Gasteiger partial charge in [-0.3, -0.25) is 9.55 Å². The number of fused-ring (bicyclic) bond motifs is 1. The zero-order valence-corrected chi connectivity index (χ0v) is 37.9. The Hall–Kier alpha value is -5.57. The Kier molecular flexibility index (Phi) is 7.86. The first-order valence-electron chi connectivity index (χ1n) is 28.4. The van der Waals surface area contributed by atoms with E-state index in [1.807, 2.05) is 112 Å². The minimum atomic E-state index is -3.83. The van der Waals surface area contributed by atoms with Crippen molar-refractivity contribution in [2.24, 2.45) is 0 Å². The molecular formula is C57H58N3OPt-. The molecule has 6 aromatic carbocycles. The minimum Gasteiger partial charge on any atom is -0.507 e. The van der Waals surface area contributed by atoms with Crippen molar-refractivity contribution in [3.8, 4) is 67.5 Å². The summed E-state index contributed by atoms with van der Waals surface area (Å²) in [5.74, 6) is 0.464. The van der Waals surface area contributed by atoms with Gasteiger partial charge in [-0.25, -0.2) is 4.98 Å². The number of phenolic OH excluding ortho intramolecular Hbond substituents is 1. The molecule has 2 heterocycles. The second-order valence-electron chi connectivity index (χ2n) is 17.2. The summed E-state index contributed by atoms with van der Waals surface area (Å²) in [5.41, 5.74) is 2.43. The average Bonchev–Trinajstić information content (AvgIpc) is 3.82. The molecular weight excluding hydrogens is 938 g/mol. The Morgan fingerprint density at radius 1 is 0.677 bits per heavy atom. The van der Waals surface area contributed by atoms with Gasteiger partial charge in [0.05, 0.1) is 27.8 Å². The largest absolute Gasteiger partial charge is 0.507 e. The minimum absolute atomic E-state index is 0. The first-order chi connectivity index (χ1) is 35.6. The molecule has 2 aromatic heterocycles. The van der Waals surface area contributed by atoms with Gasteiger partial charge < -0.3 is 5.11 Å². The van der Waals surface area contributed by atoms with Crippen LogP contribution in [-0.4, -0.2) is 19.6 Å². The Morgan fingerprint density at radius 3 is 2.10 bits per heavy atom. The van der Waals surface area contributed by atoms with E-state index in [2.05, 4.69) is 24.9 Å². The van der Waals surface area contributed by atoms with Gasteiger partial charge in [0.25, 0.3) is 0 Å². The van der Waals surface area contributed by atoms with Crippen LogP contribution in [0, 0.1) is 12.9 Å². The number of nitrogens with zero attached hydrogens (tertiary/aromatic N) is 3. The van der Waals surface area contributed by atoms with Gasteiger partial charge in [-0.2, -0.15) is 0 Å². The molecule has 0 amide bonds. The predicted octanol–water partition coefficient (Wildman–Crippen LogP) is 15.4. The van der Waals surface area contributed by atoms with E-state index in [1.54, 1.807) is 18.2 Å². The molecule has 8 aromatic rings. The van der Waals surface area contributed by atoms with Crippen LogP contribution in [0.15, 0.2) is 133 Å². The smallest absolute Gasteiger partial charge is 0.148 e. The monoisotopic (exact) mass is 1010 g/mol. The van der Waals surface area contributed by atoms with Crippen molar-refractivity contribution in [1.29, 1.82) is 0 Å². The summed E-state index contributed by atoms with van der Waals surface area (Å²) in [6.07, 6.45) is 1.39. The van der Waals surface area contributed by atoms with Crippen LogP contribution in [0.25, 0.3) is 72.7 Å². The third-order valence-electron chi connectivity index (χ3n) is 11.0. The standard InChI is InChI=1S/C57H58N3O.Pt/c1-35(2)41-32-47(36(3)4)54(61)49(33-41)55-59-53-46(18-15-19-52(53)60(55)51-25-20-37(5)28-48(51)39-16-13-12-14-17-39)42-29-43(31-45(30-42)57(9,10)11)50-34-40(26-27-58-50)38-21-23-44(24-22-38)56(6,7)8;/h12-28,30-36,61H,1-11H3;/q-1;/i5D3,6D3,7D3,8D3,21D,22D,23D,24D;. The Morgan fingerprint density at radius 2 is 1.42 bits per heavy atom. The Bertz CT molecular complexity index is 3520. The van der Waals surface area contributed by atoms with Gasteiger partial charge in [0.15, 0.2) is 0 Å². The Labute approximate surface area is 405 Å². The van der Waals surface area contributed by atoms with Crippen molar-refractivity contribution in [3.05, 3.63) is 167 Å². The number of para-hydroxylation sites is 1. The van der Waals surface area contributed by atoms with Gasteiger partial charge in [0.1, 0.15) is 11.6 Å². The van der Waals surface area contributed by atoms with E-state index in [0.29, 0.717) is 50.4 Å². The Balaban J connectivity index is 0.00000882. The van der Waals surface area contributed by atoms with E-state index in [4.69, 9.17) is 26.9 Å². The molecule has 0 atom stereocenters. The first kappa shape index (κ1) is 28.2. The summed E-state index contributed by atoms with van der Waals surface area (Å²) in [4.78, 5) is 10.1. The van der Waals surface area contributed by atoms with Crippen molar-refractivity contribution >= 4 is 11.0 Å². The molecule has 0 bridgehead atoms. The van der Waals surface area contributed by atoms with E-state index in [-0.39, 0.29) is 61.0 Å². The maximum absolute atomic E-state index is 12.3. The number of aromatic nitrogens is 3. The average molecular weight is 1010 g/mol. The number of hydrogen-bond donors (Lipinski definition) is 1. The third-order valence-corrected chi connectivity index (χ3v) is 11.0. The zero-order valence-electron chi connectivity index (χ0n) is 51.7. The van der Waals surface area contributed by atoms with Crippen molar-refractivity contribution in [3.63, 3.8) is 0 Å². The number of pyridine rings is 1. The number of rotatable bonds is 8. The number of aromatic hydroxyl groups is 1. The molecule has 0 aliphatic carbocycles. The van der Waals surface area contributed by atoms with Crippen LogP contribution in [0.2, 0.25) is 0 Å². The second-order valence-corrected chi connectivity index (χ2v) is 17.2. The summed E-state index contributed by atoms with van der Waals surface area (Å²) in [7, 11) is 0. The van der Waals surface area contributed by atoms with Crippen LogP contribution in [-0.2, 0) is 31.9 Å². The fraction of sp³-hybridized carbons (Fsp3) is 0.263. The maximum Gasteiger partial charge on any atom is 0.148 e. The van der Waals surface area contributed by atoms with Crippen molar-refractivity contribution in [2.45, 2.75) is 98.5 Å². The van der Waals surface area contributed by atoms with Crippen molar-refractivity contribution in [2.75, 3.05) is 0 Å². The van der Waals surface area contributed by atoms with Gasteiger partial charge >= 0.3 is 0 Å². The fourth-order valence-corrected chi connectivity index (χ4v) is 7.61. The van der Waals surface area contributed by atoms with Gasteiger partial charge in [-0.15, -0.1) is 29.3 Å². The molecule has 318 valence electrons. The van der Waals surface area contributed by atoms with E-state index >= 15 is 0 Å². The van der Waals surface area contributed by atoms with Crippen LogP contribution >= 0.6 is 0 Å². The summed E-state index contributed by atoms with van der Waals surface area (Å²) in [5, 5.41) is 12.3. The molecule has 0 saturated heterocycles. The number of benzene rings is 6. The molecule has 0 aliphatic heterocycles. The normalized spacial score (nSPS) is 16.6. The zero-order chi connectivity index (χ0) is 56.9. The molecule has 1 N–H and O–H groups in total. The van der Waals surface area contributed by atoms with Gasteiger partial charge in [-0.05, 0) is 93.2 Å². The second kappa shape index (κ2) is 17.3. The topological polar surface area (TPSA) is 50.9 Å². The van der Waals surface area contributed by atoms with E-state index in [9.17, 15) is 5.11 Å². The number of hydrogen-bond acceptors (Lipinski definition) is 3. The van der Waals surface area contributed by atoms with Gasteiger partial charge in [0, 0.05) is 55.0 Å². The molecule has 8 rings (SSSR count). The van der Waals surface area contributed by atoms with Crippen molar-refractivity contribution in [1.82, 2.24) is 14.5 Å². The van der Waals surface area contributed by atoms with Crippen LogP contribution in [0.4, 0.5) is 0 Å². The van der Waals surface area contributed by atoms with Crippen LogP contribution in [0.5, 0.6) is 5.75 Å². The maximum atomic E-state index is 12.3. The quantitative estimate of drug-likeness (QED) is 0.154. The van der Waals surface area contributed by atoms with Gasteiger partial charge in [-0.1, -0.05) is 171 Å². The molecule has 0 unspecified atom stereocenters. The fourth-order valence-electron chi connectivity index (χ4n) is 7.61. The molecule has 62 heavy (non-hydrogen) atoms. The number of imidazole rings is 1. The summed E-state index contributed by atoms with van der Waals surface area (Å²) in [6, 6.07) is 30.6. The molecule has 0 aliphatic rings. The SMILES string of the molecule is [2H]c1c([2H])c(C(C([2H])([2H])[2H])(C([2H])([2H])[2H])C([2H])([2H])[2H])c([2H])c([2H])c1-c1ccnc(-c2[c-]c(-c3cccc4c3nc(-c3cc(C(C)C)cc(C(C)C)c3O)n4-c3ccc(C([2H])([2H])[2H])cc3-c3ccccc3)cc(C(C)(C)C)c2)c1.[Pt]. The van der Waals surface area contributed by atoms with Crippen LogP contribution < -0.4 is 0 Å². The molecule has 0 radical (unpaired) electrons. The number of aryl methyl sites for hydroxylation is 1. The first-order valence-corrected chi connectivity index (χ1v) is 20.4. The van der Waals surface area contributed by atoms with E-state index in [0.717, 1.165) is 22.3 Å². The van der Waals surface area contributed by atoms with E-state index in [1.165, 1.54) is 18.3 Å². The predicted molar refractivity (Wildman–Crippen MR) is 257 cm³/mol. The number of phenols is 1. The van der Waals surface area contributed by atoms with Crippen LogP contribution in [0.3, 0.4) is 0 Å². The molecule has 5 heteroatoms. The van der Waals surface area contributed by atoms with E-state index < -0.39 is 68.0 Å². The third kappa shape index (κ3) is 8.73.